The number of aryl methyl sites for hydroxylation is 2. The number of methoxy groups -OCH3 is 1. The number of hydrogen-bond donors (Lipinski definition) is 1. The lowest BCUT2D eigenvalue weighted by Crippen LogP contribution is -2.27. The van der Waals surface area contributed by atoms with Crippen molar-refractivity contribution < 1.29 is 23.0 Å². The molecule has 0 saturated heterocycles. The first-order valence-electron chi connectivity index (χ1n) is 9.99. The molecule has 9 heteroatoms. The van der Waals surface area contributed by atoms with Crippen LogP contribution in [0.5, 0.6) is 11.5 Å². The number of amides is 1. The van der Waals surface area contributed by atoms with Crippen LogP contribution in [-0.4, -0.2) is 41.5 Å². The van der Waals surface area contributed by atoms with Crippen molar-refractivity contribution >= 4 is 17.7 Å². The lowest BCUT2D eigenvalue weighted by Gasteiger charge is -2.12. The van der Waals surface area contributed by atoms with Gasteiger partial charge in [0.25, 0.3) is 0 Å². The van der Waals surface area contributed by atoms with E-state index in [-0.39, 0.29) is 23.2 Å². The van der Waals surface area contributed by atoms with Gasteiger partial charge in [0.05, 0.1) is 12.9 Å². The highest BCUT2D eigenvalue weighted by atomic mass is 32.2. The molecule has 0 spiro atoms. The summed E-state index contributed by atoms with van der Waals surface area (Å²) in [6.45, 7) is 1.51. The van der Waals surface area contributed by atoms with Crippen LogP contribution in [0.1, 0.15) is 16.7 Å². The predicted octanol–water partition coefficient (Wildman–Crippen LogP) is 4.55. The smallest absolute Gasteiger partial charge is 0.387 e. The summed E-state index contributed by atoms with van der Waals surface area (Å²) in [5.74, 6) is 0.279. The number of hydrogen-bond acceptors (Lipinski definition) is 5. The Balaban J connectivity index is 1.52. The molecule has 3 aromatic rings. The van der Waals surface area contributed by atoms with Crippen LogP contribution >= 0.6 is 11.8 Å². The summed E-state index contributed by atoms with van der Waals surface area (Å²) >= 11 is 1.35. The van der Waals surface area contributed by atoms with Gasteiger partial charge in [0.15, 0.2) is 16.7 Å². The topological polar surface area (TPSA) is 65.4 Å². The van der Waals surface area contributed by atoms with Gasteiger partial charge in [-0.05, 0) is 61.2 Å². The highest BCUT2D eigenvalue weighted by Gasteiger charge is 2.12. The lowest BCUT2D eigenvalue weighted by molar-refractivity contribution is -0.118. The number of alkyl halides is 2. The first-order valence-corrected chi connectivity index (χ1v) is 11.0. The predicted molar refractivity (Wildman–Crippen MR) is 120 cm³/mol. The third-order valence-electron chi connectivity index (χ3n) is 4.60. The van der Waals surface area contributed by atoms with Gasteiger partial charge in [-0.15, -0.1) is 0 Å². The fraction of sp³-hybridized carbons (Fsp3) is 0.304. The van der Waals surface area contributed by atoms with E-state index in [0.29, 0.717) is 13.0 Å². The number of nitrogens with zero attached hydrogens (tertiary/aromatic N) is 2. The molecule has 0 saturated carbocycles. The Bertz CT molecular complexity index is 1050. The Hall–Kier alpha value is -3.07. The number of thioether (sulfide) groups is 1. The molecule has 32 heavy (non-hydrogen) atoms. The van der Waals surface area contributed by atoms with Crippen molar-refractivity contribution in [1.29, 1.82) is 0 Å². The Morgan fingerprint density at radius 2 is 1.91 bits per heavy atom. The SMILES string of the molecule is COc1ccc(CCNC(=O)CSc2nccn2-c2cc(C)cc(C)c2)cc1OC(F)F. The van der Waals surface area contributed by atoms with E-state index in [9.17, 15) is 13.6 Å². The van der Waals surface area contributed by atoms with E-state index < -0.39 is 6.61 Å². The quantitative estimate of drug-likeness (QED) is 0.449. The van der Waals surface area contributed by atoms with Crippen LogP contribution < -0.4 is 14.8 Å². The van der Waals surface area contributed by atoms with Crippen LogP contribution in [0.25, 0.3) is 5.69 Å². The summed E-state index contributed by atoms with van der Waals surface area (Å²) in [7, 11) is 1.39. The first-order chi connectivity index (χ1) is 15.4. The van der Waals surface area contributed by atoms with Gasteiger partial charge in [-0.1, -0.05) is 23.9 Å². The van der Waals surface area contributed by atoms with E-state index in [4.69, 9.17) is 4.74 Å². The van der Waals surface area contributed by atoms with Gasteiger partial charge in [0.1, 0.15) is 0 Å². The second kappa shape index (κ2) is 11.0. The average molecular weight is 462 g/mol. The van der Waals surface area contributed by atoms with Crippen LogP contribution in [0, 0.1) is 13.8 Å². The van der Waals surface area contributed by atoms with E-state index in [0.717, 1.165) is 27.5 Å². The zero-order valence-corrected chi connectivity index (χ0v) is 18.9. The Labute approximate surface area is 189 Å². The maximum Gasteiger partial charge on any atom is 0.387 e. The molecule has 0 fully saturated rings. The Morgan fingerprint density at radius 3 is 2.59 bits per heavy atom. The third-order valence-corrected chi connectivity index (χ3v) is 5.57. The number of ether oxygens (including phenoxy) is 2. The van der Waals surface area contributed by atoms with Crippen molar-refractivity contribution in [3.8, 4) is 17.2 Å². The van der Waals surface area contributed by atoms with Crippen molar-refractivity contribution in [3.63, 3.8) is 0 Å². The molecule has 6 nitrogen and oxygen atoms in total. The molecule has 0 bridgehead atoms. The average Bonchev–Trinajstić information content (AvgIpc) is 3.20. The number of benzene rings is 2. The summed E-state index contributed by atoms with van der Waals surface area (Å²) in [6, 6.07) is 11.0. The van der Waals surface area contributed by atoms with Gasteiger partial charge < -0.3 is 14.8 Å². The summed E-state index contributed by atoms with van der Waals surface area (Å²) in [4.78, 5) is 16.6. The molecule has 0 aliphatic heterocycles. The molecule has 170 valence electrons. The summed E-state index contributed by atoms with van der Waals surface area (Å²) in [5, 5.41) is 3.57. The largest absolute Gasteiger partial charge is 0.493 e. The second-order valence-electron chi connectivity index (χ2n) is 7.18. The van der Waals surface area contributed by atoms with Crippen LogP contribution in [0.4, 0.5) is 8.78 Å². The minimum atomic E-state index is -2.94. The minimum Gasteiger partial charge on any atom is -0.493 e. The minimum absolute atomic E-state index is 0.0277. The number of aromatic nitrogens is 2. The normalized spacial score (nSPS) is 10.9. The van der Waals surface area contributed by atoms with E-state index >= 15 is 0 Å². The highest BCUT2D eigenvalue weighted by Crippen LogP contribution is 2.29. The molecule has 3 rings (SSSR count). The second-order valence-corrected chi connectivity index (χ2v) is 8.12. The molecular formula is C23H25F2N3O3S. The lowest BCUT2D eigenvalue weighted by atomic mass is 10.1. The molecule has 0 radical (unpaired) electrons. The van der Waals surface area contributed by atoms with Crippen LogP contribution in [0.2, 0.25) is 0 Å². The van der Waals surface area contributed by atoms with Crippen molar-refractivity contribution in [2.24, 2.45) is 0 Å². The molecule has 0 unspecified atom stereocenters. The molecule has 1 heterocycles. The van der Waals surface area contributed by atoms with Gasteiger partial charge in [-0.25, -0.2) is 4.98 Å². The zero-order chi connectivity index (χ0) is 23.1. The van der Waals surface area contributed by atoms with Crippen LogP contribution in [0.3, 0.4) is 0 Å². The molecule has 1 aromatic heterocycles. The number of carbonyl (C=O) groups excluding carboxylic acids is 1. The standard InChI is InChI=1S/C23H25F2N3O3S/c1-15-10-16(2)12-18(11-15)28-9-8-27-23(28)32-14-21(29)26-7-6-17-4-5-19(30-3)20(13-17)31-22(24)25/h4-5,8-13,22H,6-7,14H2,1-3H3,(H,26,29). The number of imidazole rings is 1. The van der Waals surface area contributed by atoms with Gasteiger partial charge in [-0.3, -0.25) is 9.36 Å². The first kappa shape index (κ1) is 23.6. The van der Waals surface area contributed by atoms with Gasteiger partial charge in [0.2, 0.25) is 5.91 Å². The Morgan fingerprint density at radius 1 is 1.16 bits per heavy atom. The highest BCUT2D eigenvalue weighted by molar-refractivity contribution is 7.99. The van der Waals surface area contributed by atoms with Gasteiger partial charge in [0, 0.05) is 24.6 Å². The van der Waals surface area contributed by atoms with Crippen LogP contribution in [-0.2, 0) is 11.2 Å². The fourth-order valence-corrected chi connectivity index (χ4v) is 4.08. The monoisotopic (exact) mass is 461 g/mol. The molecule has 1 amide bonds. The summed E-state index contributed by atoms with van der Waals surface area (Å²) < 4.78 is 36.6. The number of rotatable bonds is 10. The number of carbonyl (C=O) groups is 1. The molecule has 0 aliphatic carbocycles. The fourth-order valence-electron chi connectivity index (χ4n) is 3.27. The summed E-state index contributed by atoms with van der Waals surface area (Å²) in [5.41, 5.74) is 4.06. The molecule has 0 atom stereocenters. The zero-order valence-electron chi connectivity index (χ0n) is 18.1. The molecule has 2 aromatic carbocycles. The van der Waals surface area contributed by atoms with E-state index in [1.165, 1.54) is 24.9 Å². The molecular weight excluding hydrogens is 436 g/mol. The van der Waals surface area contributed by atoms with E-state index in [1.54, 1.807) is 18.3 Å². The maximum absolute atomic E-state index is 12.6. The van der Waals surface area contributed by atoms with Crippen LogP contribution in [0.15, 0.2) is 53.9 Å². The number of nitrogens with one attached hydrogen (secondary N) is 1. The van der Waals surface area contributed by atoms with Crippen molar-refractivity contribution in [2.45, 2.75) is 32.0 Å². The van der Waals surface area contributed by atoms with Gasteiger partial charge >= 0.3 is 6.61 Å². The molecule has 0 aliphatic rings. The van der Waals surface area contributed by atoms with Crippen molar-refractivity contribution in [1.82, 2.24) is 14.9 Å². The Kier molecular flexibility index (Phi) is 8.10. The van der Waals surface area contributed by atoms with E-state index in [2.05, 4.69) is 33.2 Å². The van der Waals surface area contributed by atoms with Crippen molar-refractivity contribution in [3.05, 3.63) is 65.5 Å². The van der Waals surface area contributed by atoms with E-state index in [1.807, 2.05) is 24.6 Å². The van der Waals surface area contributed by atoms with Crippen molar-refractivity contribution in [2.75, 3.05) is 19.4 Å². The maximum atomic E-state index is 12.6. The summed E-state index contributed by atoms with van der Waals surface area (Å²) in [6.07, 6.45) is 4.05. The molecule has 1 N–H and O–H groups in total. The van der Waals surface area contributed by atoms with Gasteiger partial charge in [-0.2, -0.15) is 8.78 Å². The number of halogens is 2. The third kappa shape index (κ3) is 6.46.